The van der Waals surface area contributed by atoms with Crippen molar-refractivity contribution in [1.29, 1.82) is 0 Å². The fourth-order valence-electron chi connectivity index (χ4n) is 3.08. The molecule has 0 radical (unpaired) electrons. The van der Waals surface area contributed by atoms with E-state index >= 15 is 0 Å². The van der Waals surface area contributed by atoms with E-state index in [-0.39, 0.29) is 6.10 Å². The van der Waals surface area contributed by atoms with Gasteiger partial charge in [-0.15, -0.1) is 0 Å². The zero-order valence-electron chi connectivity index (χ0n) is 15.5. The Morgan fingerprint density at radius 1 is 1.12 bits per heavy atom. The van der Waals surface area contributed by atoms with Gasteiger partial charge in [-0.05, 0) is 68.7 Å². The highest BCUT2D eigenvalue weighted by Crippen LogP contribution is 2.21. The van der Waals surface area contributed by atoms with Gasteiger partial charge in [-0.3, -0.25) is 0 Å². The van der Waals surface area contributed by atoms with Crippen LogP contribution in [0, 0.1) is 0 Å². The molecule has 0 atom stereocenters. The van der Waals surface area contributed by atoms with E-state index in [4.69, 9.17) is 17.0 Å². The van der Waals surface area contributed by atoms with Gasteiger partial charge < -0.3 is 20.3 Å². The van der Waals surface area contributed by atoms with E-state index in [1.807, 2.05) is 38.1 Å². The second kappa shape index (κ2) is 8.90. The molecule has 1 aliphatic heterocycles. The van der Waals surface area contributed by atoms with Crippen LogP contribution in [0.4, 0.5) is 11.4 Å². The molecule has 0 aliphatic carbocycles. The van der Waals surface area contributed by atoms with Gasteiger partial charge in [-0.2, -0.15) is 0 Å². The second-order valence-corrected chi connectivity index (χ2v) is 7.27. The van der Waals surface area contributed by atoms with E-state index in [1.54, 1.807) is 0 Å². The third kappa shape index (κ3) is 5.36. The quantitative estimate of drug-likeness (QED) is 0.730. The summed E-state index contributed by atoms with van der Waals surface area (Å²) in [6, 6.07) is 16.6. The zero-order chi connectivity index (χ0) is 18.4. The van der Waals surface area contributed by atoms with E-state index in [9.17, 15) is 0 Å². The summed E-state index contributed by atoms with van der Waals surface area (Å²) < 4.78 is 5.71. The highest BCUT2D eigenvalue weighted by atomic mass is 32.1. The molecule has 0 bridgehead atoms. The van der Waals surface area contributed by atoms with Gasteiger partial charge in [0, 0.05) is 37.1 Å². The van der Waals surface area contributed by atoms with Crippen LogP contribution >= 0.6 is 12.2 Å². The number of nitrogens with one attached hydrogen (secondary N) is 2. The van der Waals surface area contributed by atoms with Crippen molar-refractivity contribution in [3.8, 4) is 5.75 Å². The van der Waals surface area contributed by atoms with Gasteiger partial charge in [0.15, 0.2) is 5.11 Å². The highest BCUT2D eigenvalue weighted by molar-refractivity contribution is 7.80. The van der Waals surface area contributed by atoms with Gasteiger partial charge in [0.2, 0.25) is 0 Å². The van der Waals surface area contributed by atoms with Gasteiger partial charge in [0.05, 0.1) is 6.10 Å². The molecule has 3 rings (SSSR count). The van der Waals surface area contributed by atoms with Gasteiger partial charge in [-0.25, -0.2) is 0 Å². The van der Waals surface area contributed by atoms with Crippen molar-refractivity contribution in [3.63, 3.8) is 0 Å². The Hall–Kier alpha value is -2.27. The number of hydrogen-bond donors (Lipinski definition) is 2. The fourth-order valence-corrected chi connectivity index (χ4v) is 3.27. The molecule has 0 aromatic heterocycles. The maximum absolute atomic E-state index is 5.71. The number of ether oxygens (including phenoxy) is 1. The number of rotatable bonds is 6. The van der Waals surface area contributed by atoms with Gasteiger partial charge >= 0.3 is 0 Å². The first-order valence-corrected chi connectivity index (χ1v) is 9.66. The second-order valence-electron chi connectivity index (χ2n) is 6.86. The molecule has 1 saturated heterocycles. The molecular weight excluding hydrogens is 342 g/mol. The summed E-state index contributed by atoms with van der Waals surface area (Å²) in [6.45, 7) is 7.08. The molecule has 4 nitrogen and oxygen atoms in total. The first kappa shape index (κ1) is 18.5. The lowest BCUT2D eigenvalue weighted by molar-refractivity contribution is 0.242. The molecule has 0 spiro atoms. The largest absolute Gasteiger partial charge is 0.491 e. The molecule has 2 aromatic carbocycles. The molecule has 0 unspecified atom stereocenters. The molecule has 2 aromatic rings. The maximum atomic E-state index is 5.71. The highest BCUT2D eigenvalue weighted by Gasteiger charge is 2.11. The van der Waals surface area contributed by atoms with Gasteiger partial charge in [0.25, 0.3) is 0 Å². The summed E-state index contributed by atoms with van der Waals surface area (Å²) in [7, 11) is 0. The number of anilines is 2. The molecule has 5 heteroatoms. The maximum Gasteiger partial charge on any atom is 0.171 e. The lowest BCUT2D eigenvalue weighted by Gasteiger charge is -2.18. The Morgan fingerprint density at radius 2 is 1.85 bits per heavy atom. The third-order valence-electron chi connectivity index (χ3n) is 4.32. The van der Waals surface area contributed by atoms with Crippen molar-refractivity contribution in [2.75, 3.05) is 23.3 Å². The van der Waals surface area contributed by atoms with Crippen LogP contribution in [0.25, 0.3) is 0 Å². The average molecular weight is 370 g/mol. The monoisotopic (exact) mass is 369 g/mol. The lowest BCUT2D eigenvalue weighted by atomic mass is 10.2. The van der Waals surface area contributed by atoms with Crippen molar-refractivity contribution in [1.82, 2.24) is 5.32 Å². The van der Waals surface area contributed by atoms with Crippen molar-refractivity contribution >= 4 is 28.7 Å². The number of hydrogen-bond acceptors (Lipinski definition) is 3. The van der Waals surface area contributed by atoms with Crippen LogP contribution < -0.4 is 20.3 Å². The zero-order valence-corrected chi connectivity index (χ0v) is 16.3. The smallest absolute Gasteiger partial charge is 0.171 e. The van der Waals surface area contributed by atoms with Crippen LogP contribution in [0.5, 0.6) is 5.75 Å². The number of benzene rings is 2. The minimum Gasteiger partial charge on any atom is -0.491 e. The summed E-state index contributed by atoms with van der Waals surface area (Å²) in [4.78, 5) is 2.44. The van der Waals surface area contributed by atoms with Crippen LogP contribution in [-0.4, -0.2) is 24.3 Å². The summed E-state index contributed by atoms with van der Waals surface area (Å²) in [5.41, 5.74) is 3.45. The molecular formula is C21H27N3OS. The summed E-state index contributed by atoms with van der Waals surface area (Å²) in [6.07, 6.45) is 2.75. The van der Waals surface area contributed by atoms with Crippen LogP contribution in [0.2, 0.25) is 0 Å². The van der Waals surface area contributed by atoms with Crippen LogP contribution in [0.1, 0.15) is 32.3 Å². The van der Waals surface area contributed by atoms with E-state index in [0.717, 1.165) is 11.4 Å². The molecule has 0 saturated carbocycles. The van der Waals surface area contributed by atoms with Crippen LogP contribution in [0.3, 0.4) is 0 Å². The molecule has 1 fully saturated rings. The molecule has 2 N–H and O–H groups in total. The van der Waals surface area contributed by atoms with Crippen LogP contribution in [0.15, 0.2) is 48.5 Å². The van der Waals surface area contributed by atoms with Crippen molar-refractivity contribution < 1.29 is 4.74 Å². The predicted octanol–water partition coefficient (Wildman–Crippen LogP) is 4.56. The minimum absolute atomic E-state index is 0.152. The van der Waals surface area contributed by atoms with Crippen molar-refractivity contribution in [2.24, 2.45) is 0 Å². The number of nitrogens with zero attached hydrogens (tertiary/aromatic N) is 1. The van der Waals surface area contributed by atoms with E-state index in [2.05, 4.69) is 39.8 Å². The average Bonchev–Trinajstić information content (AvgIpc) is 3.15. The van der Waals surface area contributed by atoms with Crippen molar-refractivity contribution in [3.05, 3.63) is 54.1 Å². The fraction of sp³-hybridized carbons (Fsp3) is 0.381. The minimum atomic E-state index is 0.152. The third-order valence-corrected chi connectivity index (χ3v) is 4.57. The standard InChI is InChI=1S/C21H27N3OS/c1-16(2)25-20-7-5-6-18(14-20)23-21(26)22-15-17-8-10-19(11-9-17)24-12-3-4-13-24/h5-11,14,16H,3-4,12-13,15H2,1-2H3,(H2,22,23,26). The lowest BCUT2D eigenvalue weighted by Crippen LogP contribution is -2.27. The topological polar surface area (TPSA) is 36.5 Å². The van der Waals surface area contributed by atoms with Crippen LogP contribution in [-0.2, 0) is 6.54 Å². The Morgan fingerprint density at radius 3 is 2.54 bits per heavy atom. The Kier molecular flexibility index (Phi) is 6.34. The first-order chi connectivity index (χ1) is 12.6. The predicted molar refractivity (Wildman–Crippen MR) is 113 cm³/mol. The Balaban J connectivity index is 1.49. The molecule has 1 heterocycles. The van der Waals surface area contributed by atoms with E-state index in [1.165, 1.54) is 37.2 Å². The molecule has 138 valence electrons. The molecule has 0 amide bonds. The summed E-state index contributed by atoms with van der Waals surface area (Å²) >= 11 is 5.41. The SMILES string of the molecule is CC(C)Oc1cccc(NC(=S)NCc2ccc(N3CCCC3)cc2)c1. The number of thiocarbonyl (C=S) groups is 1. The Bertz CT molecular complexity index is 724. The van der Waals surface area contributed by atoms with Gasteiger partial charge in [-0.1, -0.05) is 18.2 Å². The Labute approximate surface area is 161 Å². The van der Waals surface area contributed by atoms with E-state index < -0.39 is 0 Å². The first-order valence-electron chi connectivity index (χ1n) is 9.25. The van der Waals surface area contributed by atoms with E-state index in [0.29, 0.717) is 11.7 Å². The normalized spacial score (nSPS) is 13.7. The molecule has 1 aliphatic rings. The van der Waals surface area contributed by atoms with Gasteiger partial charge in [0.1, 0.15) is 5.75 Å². The summed E-state index contributed by atoms with van der Waals surface area (Å²) in [5.74, 6) is 0.838. The summed E-state index contributed by atoms with van der Waals surface area (Å²) in [5, 5.41) is 7.08. The van der Waals surface area contributed by atoms with Crippen molar-refractivity contribution in [2.45, 2.75) is 39.3 Å². The molecule has 26 heavy (non-hydrogen) atoms.